The fourth-order valence-corrected chi connectivity index (χ4v) is 2.19. The summed E-state index contributed by atoms with van der Waals surface area (Å²) in [6.07, 6.45) is 1.21. The molecule has 1 aliphatic heterocycles. The molecular formula is C9H21N2+. The molecule has 2 N–H and O–H groups in total. The van der Waals surface area contributed by atoms with E-state index >= 15 is 0 Å². The summed E-state index contributed by atoms with van der Waals surface area (Å²) in [5, 5.41) is 0. The van der Waals surface area contributed by atoms with Gasteiger partial charge in [-0.2, -0.15) is 0 Å². The summed E-state index contributed by atoms with van der Waals surface area (Å²) in [6.45, 7) is 10.6. The second-order valence-electron chi connectivity index (χ2n) is 4.08. The van der Waals surface area contributed by atoms with E-state index in [1.54, 1.807) is 0 Å². The Morgan fingerprint density at radius 2 is 2.18 bits per heavy atom. The summed E-state index contributed by atoms with van der Waals surface area (Å²) in [6, 6.07) is 1.20. The first-order valence-corrected chi connectivity index (χ1v) is 4.72. The third-order valence-corrected chi connectivity index (χ3v) is 3.27. The zero-order chi connectivity index (χ0) is 8.48. The van der Waals surface area contributed by atoms with Gasteiger partial charge in [-0.3, -0.25) is 0 Å². The number of nitrogens with two attached hydrogens (primary N) is 1. The van der Waals surface area contributed by atoms with E-state index in [-0.39, 0.29) is 0 Å². The zero-order valence-corrected chi connectivity index (χ0v) is 8.01. The van der Waals surface area contributed by atoms with E-state index in [1.807, 2.05) is 0 Å². The number of likely N-dealkylation sites (N-methyl/N-ethyl adjacent to an activating group) is 1. The van der Waals surface area contributed by atoms with Gasteiger partial charge in [0.1, 0.15) is 0 Å². The molecule has 11 heavy (non-hydrogen) atoms. The van der Waals surface area contributed by atoms with Gasteiger partial charge in [0, 0.05) is 6.42 Å². The van der Waals surface area contributed by atoms with Gasteiger partial charge in [-0.15, -0.1) is 0 Å². The van der Waals surface area contributed by atoms with Gasteiger partial charge in [0.05, 0.1) is 31.7 Å². The molecule has 1 heterocycles. The molecule has 1 unspecified atom stereocenters. The fourth-order valence-electron chi connectivity index (χ4n) is 2.19. The van der Waals surface area contributed by atoms with Crippen molar-refractivity contribution in [2.24, 2.45) is 5.73 Å². The Hall–Kier alpha value is -0.0800. The Morgan fingerprint density at radius 1 is 1.55 bits per heavy atom. The van der Waals surface area contributed by atoms with Gasteiger partial charge in [0.25, 0.3) is 0 Å². The SMILES string of the molecule is CC[N+]1(C(C)C)CC[C@@H](N)C1. The van der Waals surface area contributed by atoms with Crippen molar-refractivity contribution >= 4 is 0 Å². The summed E-state index contributed by atoms with van der Waals surface area (Å²) in [5.41, 5.74) is 5.91. The van der Waals surface area contributed by atoms with Crippen molar-refractivity contribution < 1.29 is 4.48 Å². The van der Waals surface area contributed by atoms with Crippen LogP contribution in [0.3, 0.4) is 0 Å². The molecule has 2 heteroatoms. The first kappa shape index (κ1) is 9.01. The standard InChI is InChI=1S/C9H21N2/c1-4-11(8(2)3)6-5-9(10)7-11/h8-9H,4-7,10H2,1-3H3/q+1/t9-,11?/m1/s1. The maximum Gasteiger partial charge on any atom is 0.0944 e. The Labute approximate surface area is 70.0 Å². The van der Waals surface area contributed by atoms with E-state index in [9.17, 15) is 0 Å². The molecule has 2 nitrogen and oxygen atoms in total. The number of nitrogens with zero attached hydrogens (tertiary/aromatic N) is 1. The number of likely N-dealkylation sites (tertiary alicyclic amines) is 1. The van der Waals surface area contributed by atoms with Crippen molar-refractivity contribution in [2.45, 2.75) is 39.3 Å². The van der Waals surface area contributed by atoms with Crippen LogP contribution in [0.2, 0.25) is 0 Å². The molecule has 0 radical (unpaired) electrons. The second kappa shape index (κ2) is 3.11. The van der Waals surface area contributed by atoms with E-state index in [0.717, 1.165) is 6.04 Å². The highest BCUT2D eigenvalue weighted by Crippen LogP contribution is 2.22. The zero-order valence-electron chi connectivity index (χ0n) is 8.01. The van der Waals surface area contributed by atoms with Crippen LogP contribution in [0.1, 0.15) is 27.2 Å². The van der Waals surface area contributed by atoms with Gasteiger partial charge < -0.3 is 10.2 Å². The molecular weight excluding hydrogens is 136 g/mol. The molecule has 0 aromatic heterocycles. The van der Waals surface area contributed by atoms with Crippen LogP contribution in [0.25, 0.3) is 0 Å². The molecule has 1 rings (SSSR count). The van der Waals surface area contributed by atoms with Crippen LogP contribution in [0.4, 0.5) is 0 Å². The van der Waals surface area contributed by atoms with Gasteiger partial charge >= 0.3 is 0 Å². The molecule has 1 aliphatic rings. The lowest BCUT2D eigenvalue weighted by molar-refractivity contribution is -0.935. The van der Waals surface area contributed by atoms with E-state index in [2.05, 4.69) is 20.8 Å². The van der Waals surface area contributed by atoms with E-state index in [4.69, 9.17) is 5.73 Å². The van der Waals surface area contributed by atoms with Crippen LogP contribution in [-0.2, 0) is 0 Å². The lowest BCUT2D eigenvalue weighted by atomic mass is 10.2. The van der Waals surface area contributed by atoms with Crippen molar-refractivity contribution in [3.63, 3.8) is 0 Å². The normalized spacial score (nSPS) is 38.5. The molecule has 66 valence electrons. The second-order valence-corrected chi connectivity index (χ2v) is 4.08. The van der Waals surface area contributed by atoms with Gasteiger partial charge in [0.2, 0.25) is 0 Å². The minimum atomic E-state index is 0.456. The molecule has 1 fully saturated rings. The predicted octanol–water partition coefficient (Wildman–Crippen LogP) is 0.962. The minimum absolute atomic E-state index is 0.456. The quantitative estimate of drug-likeness (QED) is 0.594. The molecule has 1 saturated heterocycles. The van der Waals surface area contributed by atoms with Crippen molar-refractivity contribution in [2.75, 3.05) is 19.6 Å². The van der Waals surface area contributed by atoms with Gasteiger partial charge in [-0.05, 0) is 20.8 Å². The Balaban J connectivity index is 2.62. The van der Waals surface area contributed by atoms with Crippen molar-refractivity contribution in [3.05, 3.63) is 0 Å². The Kier molecular flexibility index (Phi) is 2.55. The maximum atomic E-state index is 5.91. The first-order chi connectivity index (χ1) is 5.10. The number of quaternary nitrogens is 1. The Bertz CT molecular complexity index is 134. The van der Waals surface area contributed by atoms with E-state index in [1.165, 1.54) is 30.5 Å². The van der Waals surface area contributed by atoms with Crippen molar-refractivity contribution in [1.82, 2.24) is 0 Å². The molecule has 0 aliphatic carbocycles. The summed E-state index contributed by atoms with van der Waals surface area (Å²) in [7, 11) is 0. The molecule has 0 spiro atoms. The molecule has 0 bridgehead atoms. The summed E-state index contributed by atoms with van der Waals surface area (Å²) < 4.78 is 1.24. The molecule has 0 aromatic carbocycles. The van der Waals surface area contributed by atoms with Gasteiger partial charge in [0.15, 0.2) is 0 Å². The largest absolute Gasteiger partial charge is 0.323 e. The molecule has 0 saturated carbocycles. The summed E-state index contributed by atoms with van der Waals surface area (Å²) in [5.74, 6) is 0. The number of rotatable bonds is 2. The number of hydrogen-bond acceptors (Lipinski definition) is 1. The summed E-state index contributed by atoms with van der Waals surface area (Å²) in [4.78, 5) is 0. The Morgan fingerprint density at radius 3 is 2.36 bits per heavy atom. The third-order valence-electron chi connectivity index (χ3n) is 3.27. The molecule has 0 amide bonds. The van der Waals surface area contributed by atoms with Crippen molar-refractivity contribution in [3.8, 4) is 0 Å². The van der Waals surface area contributed by atoms with E-state index < -0.39 is 0 Å². The summed E-state index contributed by atoms with van der Waals surface area (Å²) >= 11 is 0. The van der Waals surface area contributed by atoms with E-state index in [0.29, 0.717) is 6.04 Å². The maximum absolute atomic E-state index is 5.91. The van der Waals surface area contributed by atoms with Crippen LogP contribution >= 0.6 is 0 Å². The topological polar surface area (TPSA) is 26.0 Å². The highest BCUT2D eigenvalue weighted by atomic mass is 15.4. The first-order valence-electron chi connectivity index (χ1n) is 4.72. The van der Waals surface area contributed by atoms with Crippen LogP contribution in [0.5, 0.6) is 0 Å². The lowest BCUT2D eigenvalue weighted by Gasteiger charge is -2.37. The van der Waals surface area contributed by atoms with Gasteiger partial charge in [-0.1, -0.05) is 0 Å². The van der Waals surface area contributed by atoms with Crippen molar-refractivity contribution in [1.29, 1.82) is 0 Å². The van der Waals surface area contributed by atoms with Crippen LogP contribution in [-0.4, -0.2) is 36.2 Å². The minimum Gasteiger partial charge on any atom is -0.323 e. The highest BCUT2D eigenvalue weighted by Gasteiger charge is 2.37. The molecule has 2 atom stereocenters. The monoisotopic (exact) mass is 157 g/mol. The predicted molar refractivity (Wildman–Crippen MR) is 48.3 cm³/mol. The number of hydrogen-bond donors (Lipinski definition) is 1. The van der Waals surface area contributed by atoms with Crippen LogP contribution < -0.4 is 5.73 Å². The van der Waals surface area contributed by atoms with Crippen LogP contribution in [0, 0.1) is 0 Å². The smallest absolute Gasteiger partial charge is 0.0944 e. The molecule has 0 aromatic rings. The average Bonchev–Trinajstić information content (AvgIpc) is 2.33. The third kappa shape index (κ3) is 1.57. The lowest BCUT2D eigenvalue weighted by Crippen LogP contribution is -2.52. The van der Waals surface area contributed by atoms with Crippen LogP contribution in [0.15, 0.2) is 0 Å². The van der Waals surface area contributed by atoms with Gasteiger partial charge in [-0.25, -0.2) is 0 Å². The average molecular weight is 157 g/mol. The highest BCUT2D eigenvalue weighted by molar-refractivity contribution is 4.69. The fraction of sp³-hybridized carbons (Fsp3) is 1.00.